The van der Waals surface area contributed by atoms with Gasteiger partial charge in [0.2, 0.25) is 0 Å². The molecule has 0 bridgehead atoms. The van der Waals surface area contributed by atoms with Crippen LogP contribution in [-0.2, 0) is 0 Å². The summed E-state index contributed by atoms with van der Waals surface area (Å²) in [5, 5.41) is 0. The molecule has 0 heterocycles. The van der Waals surface area contributed by atoms with Gasteiger partial charge in [0.25, 0.3) is 0 Å². The summed E-state index contributed by atoms with van der Waals surface area (Å²) >= 11 is 3.10. The van der Waals surface area contributed by atoms with Crippen LogP contribution in [-0.4, -0.2) is 0 Å². The third-order valence-electron chi connectivity index (χ3n) is 3.14. The number of halogens is 2. The fourth-order valence-electron chi connectivity index (χ4n) is 1.82. The molecule has 4 heteroatoms. The molecular formula is C15H15BrFNO. The van der Waals surface area contributed by atoms with Gasteiger partial charge in [0, 0.05) is 6.07 Å². The first-order valence-corrected chi connectivity index (χ1v) is 6.68. The maximum absolute atomic E-state index is 13.6. The molecule has 2 aromatic rings. The van der Waals surface area contributed by atoms with Crippen molar-refractivity contribution in [3.63, 3.8) is 0 Å². The van der Waals surface area contributed by atoms with E-state index in [1.54, 1.807) is 0 Å². The van der Waals surface area contributed by atoms with Gasteiger partial charge in [-0.3, -0.25) is 0 Å². The van der Waals surface area contributed by atoms with Crippen LogP contribution in [0.5, 0.6) is 11.5 Å². The Balaban J connectivity index is 2.48. The first kappa shape index (κ1) is 13.9. The lowest BCUT2D eigenvalue weighted by Gasteiger charge is -2.15. The molecule has 0 spiro atoms. The predicted octanol–water partition coefficient (Wildman–Crippen LogP) is 4.89. The van der Waals surface area contributed by atoms with Crippen molar-refractivity contribution in [1.29, 1.82) is 0 Å². The van der Waals surface area contributed by atoms with Crippen molar-refractivity contribution in [2.24, 2.45) is 0 Å². The van der Waals surface area contributed by atoms with Crippen molar-refractivity contribution in [3.05, 3.63) is 51.2 Å². The molecule has 0 aliphatic heterocycles. The zero-order chi connectivity index (χ0) is 14.2. The number of hydrogen-bond acceptors (Lipinski definition) is 2. The normalized spacial score (nSPS) is 10.6. The third kappa shape index (κ3) is 2.73. The highest BCUT2D eigenvalue weighted by Crippen LogP contribution is 2.35. The van der Waals surface area contributed by atoms with Crippen LogP contribution in [0.4, 0.5) is 10.1 Å². The molecule has 0 radical (unpaired) electrons. The van der Waals surface area contributed by atoms with E-state index in [9.17, 15) is 4.39 Å². The molecule has 100 valence electrons. The summed E-state index contributed by atoms with van der Waals surface area (Å²) in [4.78, 5) is 0. The molecule has 2 rings (SSSR count). The van der Waals surface area contributed by atoms with Crippen LogP contribution in [0.3, 0.4) is 0 Å². The van der Waals surface area contributed by atoms with Crippen molar-refractivity contribution in [2.45, 2.75) is 20.8 Å². The van der Waals surface area contributed by atoms with Crippen LogP contribution in [0.1, 0.15) is 16.7 Å². The minimum atomic E-state index is -0.396. The van der Waals surface area contributed by atoms with Gasteiger partial charge in [0.1, 0.15) is 11.6 Å². The summed E-state index contributed by atoms with van der Waals surface area (Å²) in [6.45, 7) is 5.93. The quantitative estimate of drug-likeness (QED) is 0.799. The highest BCUT2D eigenvalue weighted by Gasteiger charge is 2.12. The lowest BCUT2D eigenvalue weighted by Crippen LogP contribution is -1.98. The molecule has 0 fully saturated rings. The van der Waals surface area contributed by atoms with Gasteiger partial charge >= 0.3 is 0 Å². The summed E-state index contributed by atoms with van der Waals surface area (Å²) in [6, 6.07) is 6.80. The van der Waals surface area contributed by atoms with Gasteiger partial charge in [0.15, 0.2) is 5.75 Å². The maximum Gasteiger partial charge on any atom is 0.153 e. The number of anilines is 1. The lowest BCUT2D eigenvalue weighted by atomic mass is 10.1. The number of nitrogen functional groups attached to an aromatic ring is 1. The second-order valence-electron chi connectivity index (χ2n) is 4.56. The van der Waals surface area contributed by atoms with E-state index in [1.807, 2.05) is 32.9 Å². The van der Waals surface area contributed by atoms with Gasteiger partial charge in [0.05, 0.1) is 10.2 Å². The number of rotatable bonds is 2. The molecule has 0 unspecified atom stereocenters. The van der Waals surface area contributed by atoms with Crippen LogP contribution in [0.2, 0.25) is 0 Å². The average Bonchev–Trinajstić information content (AvgIpc) is 2.36. The Hall–Kier alpha value is -1.55. The van der Waals surface area contributed by atoms with E-state index in [4.69, 9.17) is 10.5 Å². The van der Waals surface area contributed by atoms with Gasteiger partial charge in [-0.2, -0.15) is 0 Å². The molecule has 2 nitrogen and oxygen atoms in total. The zero-order valence-corrected chi connectivity index (χ0v) is 12.6. The molecule has 0 amide bonds. The highest BCUT2D eigenvalue weighted by molar-refractivity contribution is 9.10. The molecular weight excluding hydrogens is 309 g/mol. The Morgan fingerprint density at radius 3 is 2.42 bits per heavy atom. The predicted molar refractivity (Wildman–Crippen MR) is 79.2 cm³/mol. The average molecular weight is 324 g/mol. The van der Waals surface area contributed by atoms with E-state index in [1.165, 1.54) is 12.1 Å². The summed E-state index contributed by atoms with van der Waals surface area (Å²) in [5.41, 5.74) is 9.40. The third-order valence-corrected chi connectivity index (χ3v) is 3.75. The standard InChI is InChI=1S/C15H15BrFNO/c1-8-4-5-9(2)15(10(8)3)19-14-7-12(17)11(16)6-13(14)18/h4-7H,18H2,1-3H3. The Bertz CT molecular complexity index is 641. The molecule has 0 saturated heterocycles. The fraction of sp³-hybridized carbons (Fsp3) is 0.200. The molecule has 0 atom stereocenters. The van der Waals surface area contributed by atoms with Crippen LogP contribution in [0.25, 0.3) is 0 Å². The van der Waals surface area contributed by atoms with Crippen molar-refractivity contribution in [1.82, 2.24) is 0 Å². The van der Waals surface area contributed by atoms with E-state index in [2.05, 4.69) is 15.9 Å². The molecule has 0 aromatic heterocycles. The number of nitrogens with two attached hydrogens (primary N) is 1. The van der Waals surface area contributed by atoms with Crippen LogP contribution < -0.4 is 10.5 Å². The Morgan fingerprint density at radius 2 is 1.74 bits per heavy atom. The Labute approximate surface area is 120 Å². The van der Waals surface area contributed by atoms with Gasteiger partial charge in [-0.15, -0.1) is 0 Å². The van der Waals surface area contributed by atoms with E-state index in [-0.39, 0.29) is 0 Å². The largest absolute Gasteiger partial charge is 0.455 e. The number of benzene rings is 2. The second-order valence-corrected chi connectivity index (χ2v) is 5.41. The van der Waals surface area contributed by atoms with Crippen LogP contribution in [0, 0.1) is 26.6 Å². The topological polar surface area (TPSA) is 35.2 Å². The van der Waals surface area contributed by atoms with Crippen molar-refractivity contribution in [2.75, 3.05) is 5.73 Å². The first-order valence-electron chi connectivity index (χ1n) is 5.89. The van der Waals surface area contributed by atoms with Crippen molar-refractivity contribution in [3.8, 4) is 11.5 Å². The molecule has 0 saturated carbocycles. The van der Waals surface area contributed by atoms with E-state index >= 15 is 0 Å². The molecule has 0 aliphatic carbocycles. The molecule has 0 aliphatic rings. The van der Waals surface area contributed by atoms with E-state index in [0.29, 0.717) is 15.9 Å². The minimum Gasteiger partial charge on any atom is -0.455 e. The van der Waals surface area contributed by atoms with E-state index in [0.717, 1.165) is 22.4 Å². The van der Waals surface area contributed by atoms with Gasteiger partial charge < -0.3 is 10.5 Å². The minimum absolute atomic E-state index is 0.329. The monoisotopic (exact) mass is 323 g/mol. The van der Waals surface area contributed by atoms with Crippen molar-refractivity contribution >= 4 is 21.6 Å². The fourth-order valence-corrected chi connectivity index (χ4v) is 2.19. The number of hydrogen-bond donors (Lipinski definition) is 1. The lowest BCUT2D eigenvalue weighted by molar-refractivity contribution is 0.471. The van der Waals surface area contributed by atoms with Gasteiger partial charge in [-0.25, -0.2) is 4.39 Å². The van der Waals surface area contributed by atoms with Crippen LogP contribution >= 0.6 is 15.9 Å². The van der Waals surface area contributed by atoms with Crippen molar-refractivity contribution < 1.29 is 9.13 Å². The summed E-state index contributed by atoms with van der Waals surface area (Å²) in [6.07, 6.45) is 0. The maximum atomic E-state index is 13.6. The molecule has 19 heavy (non-hydrogen) atoms. The first-order chi connectivity index (χ1) is 8.90. The summed E-state index contributed by atoms with van der Waals surface area (Å²) < 4.78 is 19.7. The van der Waals surface area contributed by atoms with Crippen LogP contribution in [0.15, 0.2) is 28.7 Å². The second kappa shape index (κ2) is 5.21. The number of aryl methyl sites for hydroxylation is 2. The van der Waals surface area contributed by atoms with E-state index < -0.39 is 5.82 Å². The Kier molecular flexibility index (Phi) is 3.80. The highest BCUT2D eigenvalue weighted by atomic mass is 79.9. The summed E-state index contributed by atoms with van der Waals surface area (Å²) in [7, 11) is 0. The molecule has 2 aromatic carbocycles. The SMILES string of the molecule is Cc1ccc(C)c(Oc2cc(F)c(Br)cc2N)c1C. The van der Waals surface area contributed by atoms with Gasteiger partial charge in [-0.05, 0) is 59.5 Å². The zero-order valence-electron chi connectivity index (χ0n) is 11.1. The number of ether oxygens (including phenoxy) is 1. The summed E-state index contributed by atoms with van der Waals surface area (Å²) in [5.74, 6) is 0.665. The Morgan fingerprint density at radius 1 is 1.11 bits per heavy atom. The molecule has 2 N–H and O–H groups in total. The smallest absolute Gasteiger partial charge is 0.153 e. The van der Waals surface area contributed by atoms with Gasteiger partial charge in [-0.1, -0.05) is 12.1 Å².